The summed E-state index contributed by atoms with van der Waals surface area (Å²) >= 11 is 5.84. The summed E-state index contributed by atoms with van der Waals surface area (Å²) in [4.78, 5) is 12.0. The molecule has 0 radical (unpaired) electrons. The Morgan fingerprint density at radius 3 is 2.38 bits per heavy atom. The summed E-state index contributed by atoms with van der Waals surface area (Å²) in [5.41, 5.74) is 1.91. The summed E-state index contributed by atoms with van der Waals surface area (Å²) in [7, 11) is 3.17. The van der Waals surface area contributed by atoms with E-state index in [1.54, 1.807) is 26.4 Å². The van der Waals surface area contributed by atoms with Crippen LogP contribution < -0.4 is 20.1 Å². The van der Waals surface area contributed by atoms with Gasteiger partial charge in [0.15, 0.2) is 11.5 Å². The molecule has 0 bridgehead atoms. The first-order chi connectivity index (χ1) is 11.5. The molecule has 5 nitrogen and oxygen atoms in total. The van der Waals surface area contributed by atoms with Crippen molar-refractivity contribution < 1.29 is 14.3 Å². The van der Waals surface area contributed by atoms with Gasteiger partial charge in [0.05, 0.1) is 20.3 Å². The number of ether oxygens (including phenoxy) is 2. The Kier molecular flexibility index (Phi) is 6.32. The van der Waals surface area contributed by atoms with Gasteiger partial charge in [-0.25, -0.2) is 4.79 Å². The van der Waals surface area contributed by atoms with Gasteiger partial charge in [-0.1, -0.05) is 29.8 Å². The molecule has 2 rings (SSSR count). The van der Waals surface area contributed by atoms with Crippen molar-refractivity contribution in [3.05, 3.63) is 58.6 Å². The van der Waals surface area contributed by atoms with Crippen LogP contribution in [0.4, 0.5) is 4.79 Å². The van der Waals surface area contributed by atoms with Crippen LogP contribution in [-0.4, -0.2) is 20.3 Å². The molecule has 0 aliphatic rings. The van der Waals surface area contributed by atoms with Gasteiger partial charge >= 0.3 is 6.03 Å². The molecule has 2 N–H and O–H groups in total. The zero-order valence-corrected chi connectivity index (χ0v) is 14.7. The highest BCUT2D eigenvalue weighted by atomic mass is 35.5. The first kappa shape index (κ1) is 17.9. The number of amides is 2. The number of rotatable bonds is 6. The van der Waals surface area contributed by atoms with Gasteiger partial charge < -0.3 is 20.1 Å². The Morgan fingerprint density at radius 1 is 1.08 bits per heavy atom. The van der Waals surface area contributed by atoms with E-state index in [9.17, 15) is 4.79 Å². The maximum Gasteiger partial charge on any atom is 0.315 e. The molecule has 2 amide bonds. The Hall–Kier alpha value is -2.40. The first-order valence-electron chi connectivity index (χ1n) is 7.54. The van der Waals surface area contributed by atoms with Gasteiger partial charge in [0.2, 0.25) is 0 Å². The maximum absolute atomic E-state index is 12.0. The quantitative estimate of drug-likeness (QED) is 0.831. The molecule has 2 aromatic rings. The van der Waals surface area contributed by atoms with Crippen LogP contribution in [0.1, 0.15) is 24.1 Å². The zero-order chi connectivity index (χ0) is 17.5. The highest BCUT2D eigenvalue weighted by Crippen LogP contribution is 2.29. The van der Waals surface area contributed by atoms with E-state index < -0.39 is 0 Å². The smallest absolute Gasteiger partial charge is 0.315 e. The number of halogens is 1. The number of benzene rings is 2. The Bertz CT molecular complexity index is 689. The predicted octanol–water partition coefficient (Wildman–Crippen LogP) is 3.92. The van der Waals surface area contributed by atoms with Crippen LogP contribution in [0.2, 0.25) is 5.02 Å². The fourth-order valence-electron chi connectivity index (χ4n) is 2.24. The third-order valence-corrected chi connectivity index (χ3v) is 3.87. The van der Waals surface area contributed by atoms with Gasteiger partial charge in [-0.3, -0.25) is 0 Å². The molecule has 1 atom stereocenters. The average molecular weight is 349 g/mol. The van der Waals surface area contributed by atoms with Gasteiger partial charge in [-0.05, 0) is 42.3 Å². The highest BCUT2D eigenvalue weighted by Gasteiger charge is 2.12. The molecule has 0 fully saturated rings. The third kappa shape index (κ3) is 4.80. The summed E-state index contributed by atoms with van der Waals surface area (Å²) in [6.45, 7) is 2.34. The second-order valence-corrected chi connectivity index (χ2v) is 5.73. The number of carbonyl (C=O) groups excluding carboxylic acids is 1. The monoisotopic (exact) mass is 348 g/mol. The fourth-order valence-corrected chi connectivity index (χ4v) is 2.36. The minimum Gasteiger partial charge on any atom is -0.493 e. The van der Waals surface area contributed by atoms with E-state index in [4.69, 9.17) is 21.1 Å². The topological polar surface area (TPSA) is 59.6 Å². The molecule has 0 spiro atoms. The largest absolute Gasteiger partial charge is 0.493 e. The first-order valence-corrected chi connectivity index (χ1v) is 7.92. The Morgan fingerprint density at radius 2 is 1.75 bits per heavy atom. The minimum atomic E-state index is -0.243. The van der Waals surface area contributed by atoms with E-state index in [-0.39, 0.29) is 12.1 Å². The number of nitrogens with one attached hydrogen (secondary N) is 2. The van der Waals surface area contributed by atoms with Crippen molar-refractivity contribution in [2.45, 2.75) is 19.5 Å². The molecular weight excluding hydrogens is 328 g/mol. The summed E-state index contributed by atoms with van der Waals surface area (Å²) in [5, 5.41) is 6.39. The van der Waals surface area contributed by atoms with E-state index in [0.717, 1.165) is 11.1 Å². The molecule has 0 aliphatic heterocycles. The summed E-state index contributed by atoms with van der Waals surface area (Å²) in [6, 6.07) is 12.5. The molecule has 2 aromatic carbocycles. The standard InChI is InChI=1S/C18H21ClN2O3/c1-12(14-6-9-16(23-2)17(10-14)24-3)21-18(22)20-11-13-4-7-15(19)8-5-13/h4-10,12H,11H2,1-3H3,(H2,20,21,22). The van der Waals surface area contributed by atoms with Crippen molar-refractivity contribution in [3.8, 4) is 11.5 Å². The van der Waals surface area contributed by atoms with E-state index in [1.807, 2.05) is 37.3 Å². The van der Waals surface area contributed by atoms with Crippen LogP contribution in [-0.2, 0) is 6.54 Å². The van der Waals surface area contributed by atoms with Gasteiger partial charge in [-0.2, -0.15) is 0 Å². The van der Waals surface area contributed by atoms with Crippen molar-refractivity contribution in [2.24, 2.45) is 0 Å². The lowest BCUT2D eigenvalue weighted by molar-refractivity contribution is 0.237. The molecule has 128 valence electrons. The molecule has 0 aliphatic carbocycles. The molecule has 0 heterocycles. The number of hydrogen-bond donors (Lipinski definition) is 2. The number of carbonyl (C=O) groups is 1. The molecule has 0 aromatic heterocycles. The predicted molar refractivity (Wildman–Crippen MR) is 94.8 cm³/mol. The molecule has 0 saturated carbocycles. The van der Waals surface area contributed by atoms with Crippen molar-refractivity contribution >= 4 is 17.6 Å². The second-order valence-electron chi connectivity index (χ2n) is 5.29. The van der Waals surface area contributed by atoms with Gasteiger partial charge in [0.1, 0.15) is 0 Å². The van der Waals surface area contributed by atoms with Crippen LogP contribution in [0, 0.1) is 0 Å². The Labute approximate surface area is 146 Å². The van der Waals surface area contributed by atoms with Gasteiger partial charge in [-0.15, -0.1) is 0 Å². The third-order valence-electron chi connectivity index (χ3n) is 3.62. The molecule has 0 saturated heterocycles. The van der Waals surface area contributed by atoms with Crippen molar-refractivity contribution in [2.75, 3.05) is 14.2 Å². The highest BCUT2D eigenvalue weighted by molar-refractivity contribution is 6.30. The van der Waals surface area contributed by atoms with Crippen molar-refractivity contribution in [1.82, 2.24) is 10.6 Å². The molecule has 6 heteroatoms. The van der Waals surface area contributed by atoms with Crippen LogP contribution in [0.15, 0.2) is 42.5 Å². The molecule has 24 heavy (non-hydrogen) atoms. The lowest BCUT2D eigenvalue weighted by Crippen LogP contribution is -2.36. The average Bonchev–Trinajstić information content (AvgIpc) is 2.60. The van der Waals surface area contributed by atoms with Crippen LogP contribution in [0.5, 0.6) is 11.5 Å². The lowest BCUT2D eigenvalue weighted by atomic mass is 10.1. The molecular formula is C18H21ClN2O3. The summed E-state index contributed by atoms with van der Waals surface area (Å²) < 4.78 is 10.5. The summed E-state index contributed by atoms with van der Waals surface area (Å²) in [5.74, 6) is 1.28. The van der Waals surface area contributed by atoms with Crippen LogP contribution in [0.3, 0.4) is 0 Å². The number of hydrogen-bond acceptors (Lipinski definition) is 3. The van der Waals surface area contributed by atoms with E-state index in [2.05, 4.69) is 10.6 Å². The minimum absolute atomic E-state index is 0.171. The summed E-state index contributed by atoms with van der Waals surface area (Å²) in [6.07, 6.45) is 0. The van der Waals surface area contributed by atoms with E-state index in [0.29, 0.717) is 23.1 Å². The van der Waals surface area contributed by atoms with E-state index >= 15 is 0 Å². The van der Waals surface area contributed by atoms with Crippen molar-refractivity contribution in [3.63, 3.8) is 0 Å². The van der Waals surface area contributed by atoms with E-state index in [1.165, 1.54) is 0 Å². The van der Waals surface area contributed by atoms with Gasteiger partial charge in [0, 0.05) is 11.6 Å². The Balaban J connectivity index is 1.92. The SMILES string of the molecule is COc1ccc(C(C)NC(=O)NCc2ccc(Cl)cc2)cc1OC. The second kappa shape index (κ2) is 8.45. The lowest BCUT2D eigenvalue weighted by Gasteiger charge is -2.17. The van der Waals surface area contributed by atoms with Gasteiger partial charge in [0.25, 0.3) is 0 Å². The van der Waals surface area contributed by atoms with Crippen LogP contribution >= 0.6 is 11.6 Å². The molecule has 1 unspecified atom stereocenters. The maximum atomic E-state index is 12.0. The fraction of sp³-hybridized carbons (Fsp3) is 0.278. The van der Waals surface area contributed by atoms with Crippen LogP contribution in [0.25, 0.3) is 0 Å². The number of methoxy groups -OCH3 is 2. The zero-order valence-electron chi connectivity index (χ0n) is 13.9. The van der Waals surface area contributed by atoms with Crippen molar-refractivity contribution in [1.29, 1.82) is 0 Å². The number of urea groups is 1. The normalized spacial score (nSPS) is 11.5.